The van der Waals surface area contributed by atoms with Gasteiger partial charge in [0.15, 0.2) is 5.65 Å². The highest BCUT2D eigenvalue weighted by atomic mass is 79.9. The summed E-state index contributed by atoms with van der Waals surface area (Å²) in [5.74, 6) is -0.213. The largest absolute Gasteiger partial charge is 0.508 e. The molecule has 11 heteroatoms. The second kappa shape index (κ2) is 9.92. The van der Waals surface area contributed by atoms with Crippen molar-refractivity contribution in [2.24, 2.45) is 4.99 Å². The molecule has 0 aliphatic carbocycles. The molecule has 3 aromatic rings. The summed E-state index contributed by atoms with van der Waals surface area (Å²) >= 11 is 3.55. The van der Waals surface area contributed by atoms with Crippen molar-refractivity contribution in [3.63, 3.8) is 0 Å². The van der Waals surface area contributed by atoms with Crippen LogP contribution in [0.5, 0.6) is 5.75 Å². The van der Waals surface area contributed by atoms with E-state index in [1.807, 2.05) is 12.2 Å². The van der Waals surface area contributed by atoms with Crippen LogP contribution in [0.1, 0.15) is 48.1 Å². The van der Waals surface area contributed by atoms with Gasteiger partial charge >= 0.3 is 0 Å². The van der Waals surface area contributed by atoms with Crippen LogP contribution in [0.2, 0.25) is 0 Å². The number of carbonyl (C=O) groups is 1. The lowest BCUT2D eigenvalue weighted by Crippen LogP contribution is -2.31. The van der Waals surface area contributed by atoms with E-state index in [2.05, 4.69) is 26.0 Å². The van der Waals surface area contributed by atoms with Crippen LogP contribution < -0.4 is 5.73 Å². The Kier molecular flexibility index (Phi) is 6.67. The Hall–Kier alpha value is -3.80. The Morgan fingerprint density at radius 1 is 1.27 bits per heavy atom. The molecule has 0 saturated carbocycles. The van der Waals surface area contributed by atoms with Crippen LogP contribution in [0, 0.1) is 0 Å². The van der Waals surface area contributed by atoms with Gasteiger partial charge in [-0.05, 0) is 65.0 Å². The number of aliphatic hydroxyl groups excluding tert-OH is 2. The molecule has 190 valence electrons. The number of nitrogen functional groups attached to an aromatic ring is 1. The van der Waals surface area contributed by atoms with E-state index in [1.54, 1.807) is 47.5 Å². The predicted molar refractivity (Wildman–Crippen MR) is 142 cm³/mol. The predicted octanol–water partition coefficient (Wildman–Crippen LogP) is 3.23. The fourth-order valence-corrected chi connectivity index (χ4v) is 4.86. The molecule has 2 aliphatic heterocycles. The summed E-state index contributed by atoms with van der Waals surface area (Å²) in [4.78, 5) is 22.9. The number of aromatic hydroxyl groups is 1. The third-order valence-corrected chi connectivity index (χ3v) is 7.23. The van der Waals surface area contributed by atoms with Crippen molar-refractivity contribution in [1.29, 1.82) is 0 Å². The number of aliphatic hydroxyl groups is 2. The van der Waals surface area contributed by atoms with Gasteiger partial charge < -0.3 is 21.1 Å². The van der Waals surface area contributed by atoms with Crippen molar-refractivity contribution >= 4 is 44.6 Å². The van der Waals surface area contributed by atoms with Crippen molar-refractivity contribution in [3.8, 4) is 5.75 Å². The molecule has 5 rings (SSSR count). The number of rotatable bonds is 5. The van der Waals surface area contributed by atoms with E-state index in [4.69, 9.17) is 10.7 Å². The quantitative estimate of drug-likeness (QED) is 0.371. The third-order valence-electron chi connectivity index (χ3n) is 6.42. The van der Waals surface area contributed by atoms with Gasteiger partial charge in [0.05, 0.1) is 23.0 Å². The van der Waals surface area contributed by atoms with Crippen LogP contribution in [0.15, 0.2) is 64.6 Å². The summed E-state index contributed by atoms with van der Waals surface area (Å²) in [6, 6.07) is 5.10. The molecule has 0 radical (unpaired) electrons. The van der Waals surface area contributed by atoms with Gasteiger partial charge in [-0.2, -0.15) is 9.61 Å². The molecule has 2 aliphatic rings. The number of allylic oxidation sites excluding steroid dienone is 3. The molecule has 5 N–H and O–H groups in total. The molecule has 10 nitrogen and oxygen atoms in total. The van der Waals surface area contributed by atoms with Crippen LogP contribution in [0.4, 0.5) is 5.82 Å². The minimum atomic E-state index is -1.10. The molecule has 0 fully saturated rings. The summed E-state index contributed by atoms with van der Waals surface area (Å²) in [5, 5.41) is 33.3. The zero-order valence-electron chi connectivity index (χ0n) is 19.9. The lowest BCUT2D eigenvalue weighted by molar-refractivity contribution is -0.134. The molecular weight excluding hydrogens is 540 g/mol. The number of amides is 1. The van der Waals surface area contributed by atoms with Crippen LogP contribution in [0.25, 0.3) is 11.2 Å². The first-order valence-corrected chi connectivity index (χ1v) is 12.5. The monoisotopic (exact) mass is 564 g/mol. The summed E-state index contributed by atoms with van der Waals surface area (Å²) in [6.07, 6.45) is 10.6. The summed E-state index contributed by atoms with van der Waals surface area (Å²) in [6.45, 7) is 1.18. The number of fused-ring (bicyclic) bond motifs is 1. The Morgan fingerprint density at radius 3 is 2.68 bits per heavy atom. The summed E-state index contributed by atoms with van der Waals surface area (Å²) in [5.41, 5.74) is 11.6. The van der Waals surface area contributed by atoms with Gasteiger partial charge in [-0.1, -0.05) is 12.2 Å². The summed E-state index contributed by atoms with van der Waals surface area (Å²) < 4.78 is 2.19. The number of hydrogen-bond acceptors (Lipinski definition) is 8. The molecule has 4 heterocycles. The fourth-order valence-electron chi connectivity index (χ4n) is 4.34. The standard InChI is InChI=1S/C26H25BrN6O4/c1-14(35)26(37)32-8-6-15(7-9-32)23-22(27)24(28)33-25(31-23)19(12-30-33)17-2-4-20(29-11-17)16-3-5-21(36)18(10-16)13-34/h3,5-12,14-15,34-36H,2,4,13,28H2,1H3/t14-/m1/s1. The fraction of sp³-hybridized carbons (Fsp3) is 0.231. The van der Waals surface area contributed by atoms with Crippen molar-refractivity contribution < 1.29 is 20.1 Å². The normalized spacial score (nSPS) is 16.7. The number of nitrogens with two attached hydrogens (primary N) is 1. The first-order valence-electron chi connectivity index (χ1n) is 11.7. The topological polar surface area (TPSA) is 150 Å². The zero-order chi connectivity index (χ0) is 26.3. The van der Waals surface area contributed by atoms with Crippen molar-refractivity contribution in [1.82, 2.24) is 19.5 Å². The molecule has 0 saturated heterocycles. The maximum atomic E-state index is 12.1. The molecular formula is C26H25BrN6O4. The average Bonchev–Trinajstić information content (AvgIpc) is 3.35. The number of carbonyl (C=O) groups excluding carboxylic acids is 1. The number of nitrogens with zero attached hydrogens (tertiary/aromatic N) is 5. The third kappa shape index (κ3) is 4.57. The first kappa shape index (κ1) is 24.9. The average molecular weight is 565 g/mol. The van der Waals surface area contributed by atoms with Gasteiger partial charge in [0.2, 0.25) is 0 Å². The van der Waals surface area contributed by atoms with E-state index < -0.39 is 12.0 Å². The Balaban J connectivity index is 1.48. The number of halogens is 1. The lowest BCUT2D eigenvalue weighted by atomic mass is 9.96. The minimum absolute atomic E-state index is 0.0563. The van der Waals surface area contributed by atoms with E-state index in [0.29, 0.717) is 40.0 Å². The van der Waals surface area contributed by atoms with E-state index in [1.165, 1.54) is 11.8 Å². The van der Waals surface area contributed by atoms with Crippen LogP contribution in [-0.4, -0.2) is 52.5 Å². The highest BCUT2D eigenvalue weighted by Crippen LogP contribution is 2.35. The van der Waals surface area contributed by atoms with Gasteiger partial charge in [0, 0.05) is 41.4 Å². The number of hydrogen-bond donors (Lipinski definition) is 4. The highest BCUT2D eigenvalue weighted by Gasteiger charge is 2.24. The second-order valence-electron chi connectivity index (χ2n) is 8.85. The number of benzene rings is 1. The van der Waals surface area contributed by atoms with Crippen molar-refractivity contribution in [2.75, 3.05) is 5.73 Å². The number of aromatic nitrogens is 3. The van der Waals surface area contributed by atoms with Gasteiger partial charge in [-0.3, -0.25) is 14.7 Å². The molecule has 0 bridgehead atoms. The second-order valence-corrected chi connectivity index (χ2v) is 9.64. The van der Waals surface area contributed by atoms with Crippen molar-refractivity contribution in [2.45, 2.75) is 38.4 Å². The maximum absolute atomic E-state index is 12.1. The van der Waals surface area contributed by atoms with Crippen molar-refractivity contribution in [3.05, 3.63) is 82.0 Å². The van der Waals surface area contributed by atoms with Gasteiger partial charge in [0.1, 0.15) is 17.7 Å². The van der Waals surface area contributed by atoms with Crippen LogP contribution >= 0.6 is 15.9 Å². The number of phenols is 1. The summed E-state index contributed by atoms with van der Waals surface area (Å²) in [7, 11) is 0. The molecule has 1 aromatic carbocycles. The maximum Gasteiger partial charge on any atom is 0.259 e. The Labute approximate surface area is 220 Å². The van der Waals surface area contributed by atoms with E-state index in [0.717, 1.165) is 22.4 Å². The van der Waals surface area contributed by atoms with Crippen LogP contribution in [-0.2, 0) is 11.4 Å². The zero-order valence-corrected chi connectivity index (χ0v) is 21.5. The number of aliphatic imine (C=N–C) groups is 1. The molecule has 2 aromatic heterocycles. The molecule has 0 spiro atoms. The smallest absolute Gasteiger partial charge is 0.259 e. The van der Waals surface area contributed by atoms with Crippen LogP contribution in [0.3, 0.4) is 0 Å². The minimum Gasteiger partial charge on any atom is -0.508 e. The van der Waals surface area contributed by atoms with Gasteiger partial charge in [-0.15, -0.1) is 0 Å². The van der Waals surface area contributed by atoms with E-state index in [9.17, 15) is 20.1 Å². The lowest BCUT2D eigenvalue weighted by Gasteiger charge is -2.22. The van der Waals surface area contributed by atoms with E-state index in [-0.39, 0.29) is 18.3 Å². The Bertz CT molecular complexity index is 1510. The number of anilines is 1. The molecule has 37 heavy (non-hydrogen) atoms. The highest BCUT2D eigenvalue weighted by molar-refractivity contribution is 9.10. The van der Waals surface area contributed by atoms with E-state index >= 15 is 0 Å². The first-order chi connectivity index (χ1) is 17.8. The Morgan fingerprint density at radius 2 is 2.03 bits per heavy atom. The van der Waals surface area contributed by atoms with Gasteiger partial charge in [-0.25, -0.2) is 4.98 Å². The molecule has 1 atom stereocenters. The van der Waals surface area contributed by atoms with Gasteiger partial charge in [0.25, 0.3) is 5.91 Å². The molecule has 0 unspecified atom stereocenters. The molecule has 1 amide bonds. The SMILES string of the molecule is C[C@@H](O)C(=O)N1C=CC(c2nc3c(C4=CN=C(c5ccc(O)c(CO)c5)CC4)cnn3c(N)c2Br)C=C1.